The minimum absolute atomic E-state index is 0.0489. The van der Waals surface area contributed by atoms with Crippen molar-refractivity contribution in [1.29, 1.82) is 0 Å². The highest BCUT2D eigenvalue weighted by atomic mass is 32.2. The highest BCUT2D eigenvalue weighted by molar-refractivity contribution is 7.99. The van der Waals surface area contributed by atoms with Gasteiger partial charge in [0.05, 0.1) is 15.5 Å². The number of carbonyl (C=O) groups is 1. The van der Waals surface area contributed by atoms with Gasteiger partial charge in [0.2, 0.25) is 0 Å². The highest BCUT2D eigenvalue weighted by Crippen LogP contribution is 2.44. The first-order chi connectivity index (χ1) is 8.54. The Morgan fingerprint density at radius 2 is 2.06 bits per heavy atom. The van der Waals surface area contributed by atoms with E-state index in [0.717, 1.165) is 35.8 Å². The molecule has 1 fully saturated rings. The van der Waals surface area contributed by atoms with E-state index in [1.54, 1.807) is 18.7 Å². The molecular weight excluding hydrogens is 266 g/mol. The van der Waals surface area contributed by atoms with E-state index in [9.17, 15) is 4.79 Å². The normalized spacial score (nSPS) is 17.2. The molecular formula is C12H19N3OS2. The van der Waals surface area contributed by atoms with Gasteiger partial charge in [-0.25, -0.2) is 0 Å². The van der Waals surface area contributed by atoms with Crippen molar-refractivity contribution in [3.05, 3.63) is 4.88 Å². The minimum Gasteiger partial charge on any atom is -0.396 e. The van der Waals surface area contributed by atoms with Gasteiger partial charge in [-0.1, -0.05) is 0 Å². The molecule has 0 aromatic carbocycles. The van der Waals surface area contributed by atoms with Gasteiger partial charge in [0.25, 0.3) is 0 Å². The number of nitrogens with two attached hydrogens (primary N) is 2. The van der Waals surface area contributed by atoms with Crippen molar-refractivity contribution in [1.82, 2.24) is 0 Å². The number of nitrogens with zero attached hydrogens (tertiary/aromatic N) is 1. The number of hydrogen-bond acceptors (Lipinski definition) is 6. The second-order valence-corrected chi connectivity index (χ2v) is 6.38. The number of thiophene rings is 1. The van der Waals surface area contributed by atoms with Gasteiger partial charge < -0.3 is 16.4 Å². The minimum atomic E-state index is 0.0489. The van der Waals surface area contributed by atoms with Crippen LogP contribution < -0.4 is 16.4 Å². The molecule has 0 atom stereocenters. The molecule has 100 valence electrons. The largest absolute Gasteiger partial charge is 0.396 e. The second kappa shape index (κ2) is 5.50. The van der Waals surface area contributed by atoms with Crippen LogP contribution in [0.5, 0.6) is 0 Å². The summed E-state index contributed by atoms with van der Waals surface area (Å²) in [4.78, 5) is 15.6. The number of anilines is 2. The Balaban J connectivity index is 2.32. The molecule has 4 nitrogen and oxygen atoms in total. The van der Waals surface area contributed by atoms with Crippen LogP contribution in [0.2, 0.25) is 0 Å². The van der Waals surface area contributed by atoms with Gasteiger partial charge in [-0.05, 0) is 19.1 Å². The molecule has 0 aliphatic carbocycles. The van der Waals surface area contributed by atoms with Gasteiger partial charge in [-0.2, -0.15) is 0 Å². The number of thioether (sulfide) groups is 1. The lowest BCUT2D eigenvalue weighted by molar-refractivity contribution is 0.102. The van der Waals surface area contributed by atoms with Gasteiger partial charge in [-0.15, -0.1) is 23.1 Å². The van der Waals surface area contributed by atoms with Crippen molar-refractivity contribution in [2.45, 2.75) is 30.7 Å². The van der Waals surface area contributed by atoms with Crippen molar-refractivity contribution >= 4 is 39.6 Å². The number of ketones is 1. The Bertz CT molecular complexity index is 450. The summed E-state index contributed by atoms with van der Waals surface area (Å²) in [6, 6.07) is 0.309. The second-order valence-electron chi connectivity index (χ2n) is 4.56. The van der Waals surface area contributed by atoms with E-state index in [0.29, 0.717) is 16.6 Å². The Hall–Kier alpha value is -0.720. The van der Waals surface area contributed by atoms with Crippen molar-refractivity contribution in [3.63, 3.8) is 0 Å². The summed E-state index contributed by atoms with van der Waals surface area (Å²) < 4.78 is 0. The quantitative estimate of drug-likeness (QED) is 0.658. The number of hydrogen-bond donors (Lipinski definition) is 2. The zero-order valence-corrected chi connectivity index (χ0v) is 12.4. The smallest absolute Gasteiger partial charge is 0.171 e. The fourth-order valence-corrected chi connectivity index (χ4v) is 4.31. The third-order valence-corrected chi connectivity index (χ3v) is 5.55. The lowest BCUT2D eigenvalue weighted by Gasteiger charge is -2.31. The monoisotopic (exact) mass is 285 g/mol. The summed E-state index contributed by atoms with van der Waals surface area (Å²) in [5, 5.41) is 1.14. The van der Waals surface area contributed by atoms with Crippen LogP contribution in [0.1, 0.15) is 29.4 Å². The van der Waals surface area contributed by atoms with Crippen LogP contribution in [0.25, 0.3) is 0 Å². The van der Waals surface area contributed by atoms with Crippen LogP contribution in [0, 0.1) is 0 Å². The lowest BCUT2D eigenvalue weighted by Crippen LogP contribution is -2.39. The molecule has 0 spiro atoms. The SMILES string of the molecule is CSc1c(N2CCC(N)CC2)sc(C(C)=O)c1N. The predicted octanol–water partition coefficient (Wildman–Crippen LogP) is 2.18. The van der Waals surface area contributed by atoms with Crippen LogP contribution in [-0.4, -0.2) is 31.2 Å². The summed E-state index contributed by atoms with van der Waals surface area (Å²) in [6.07, 6.45) is 4.00. The van der Waals surface area contributed by atoms with E-state index in [1.807, 2.05) is 6.26 Å². The number of piperidine rings is 1. The van der Waals surface area contributed by atoms with Crippen molar-refractivity contribution < 1.29 is 4.79 Å². The maximum absolute atomic E-state index is 11.6. The Morgan fingerprint density at radius 1 is 1.44 bits per heavy atom. The average Bonchev–Trinajstić information content (AvgIpc) is 2.67. The molecule has 0 saturated carbocycles. The highest BCUT2D eigenvalue weighted by Gasteiger charge is 2.24. The van der Waals surface area contributed by atoms with E-state index in [4.69, 9.17) is 11.5 Å². The van der Waals surface area contributed by atoms with E-state index >= 15 is 0 Å². The molecule has 1 aromatic heterocycles. The molecule has 0 amide bonds. The Labute approximate surface area is 116 Å². The van der Waals surface area contributed by atoms with E-state index in [-0.39, 0.29) is 5.78 Å². The van der Waals surface area contributed by atoms with Crippen LogP contribution in [0.15, 0.2) is 4.90 Å². The summed E-state index contributed by atoms with van der Waals surface area (Å²) in [6.45, 7) is 3.47. The molecule has 2 heterocycles. The maximum Gasteiger partial charge on any atom is 0.171 e. The first-order valence-corrected chi connectivity index (χ1v) is 8.06. The summed E-state index contributed by atoms with van der Waals surface area (Å²) in [5.74, 6) is 0.0489. The van der Waals surface area contributed by atoms with E-state index in [2.05, 4.69) is 4.90 Å². The molecule has 18 heavy (non-hydrogen) atoms. The van der Waals surface area contributed by atoms with Gasteiger partial charge in [-0.3, -0.25) is 4.79 Å². The molecule has 0 bridgehead atoms. The van der Waals surface area contributed by atoms with Gasteiger partial charge in [0, 0.05) is 26.1 Å². The van der Waals surface area contributed by atoms with Crippen molar-refractivity contribution in [2.24, 2.45) is 5.73 Å². The molecule has 2 rings (SSSR count). The lowest BCUT2D eigenvalue weighted by atomic mass is 10.1. The molecule has 1 saturated heterocycles. The zero-order chi connectivity index (χ0) is 13.3. The fourth-order valence-electron chi connectivity index (χ4n) is 2.19. The summed E-state index contributed by atoms with van der Waals surface area (Å²) in [7, 11) is 0. The van der Waals surface area contributed by atoms with Crippen LogP contribution in [-0.2, 0) is 0 Å². The topological polar surface area (TPSA) is 72.3 Å². The summed E-state index contributed by atoms with van der Waals surface area (Å²) in [5.41, 5.74) is 12.6. The fraction of sp³-hybridized carbons (Fsp3) is 0.583. The van der Waals surface area contributed by atoms with Crippen LogP contribution >= 0.6 is 23.1 Å². The number of nitrogen functional groups attached to an aromatic ring is 1. The van der Waals surface area contributed by atoms with E-state index < -0.39 is 0 Å². The molecule has 0 radical (unpaired) electrons. The molecule has 1 aliphatic heterocycles. The number of Topliss-reactive ketones (excluding diaryl/α,β-unsaturated/α-hetero) is 1. The number of carbonyl (C=O) groups excluding carboxylic acids is 1. The number of rotatable bonds is 3. The standard InChI is InChI=1S/C12H19N3OS2/c1-7(16)10-9(14)11(17-2)12(18-10)15-5-3-8(13)4-6-15/h8H,3-6,13-14H2,1-2H3. The average molecular weight is 285 g/mol. The zero-order valence-electron chi connectivity index (χ0n) is 10.7. The molecule has 1 aliphatic rings. The van der Waals surface area contributed by atoms with E-state index in [1.165, 1.54) is 11.3 Å². The maximum atomic E-state index is 11.6. The first kappa shape index (κ1) is 13.7. The third-order valence-electron chi connectivity index (χ3n) is 3.23. The van der Waals surface area contributed by atoms with Crippen LogP contribution in [0.4, 0.5) is 10.7 Å². The summed E-state index contributed by atoms with van der Waals surface area (Å²) >= 11 is 3.13. The van der Waals surface area contributed by atoms with Crippen LogP contribution in [0.3, 0.4) is 0 Å². The predicted molar refractivity (Wildman–Crippen MR) is 79.9 cm³/mol. The third kappa shape index (κ3) is 2.50. The van der Waals surface area contributed by atoms with Gasteiger partial charge >= 0.3 is 0 Å². The van der Waals surface area contributed by atoms with Crippen molar-refractivity contribution in [3.8, 4) is 0 Å². The molecule has 1 aromatic rings. The Kier molecular flexibility index (Phi) is 4.19. The van der Waals surface area contributed by atoms with Gasteiger partial charge in [0.1, 0.15) is 5.00 Å². The Morgan fingerprint density at radius 3 is 2.56 bits per heavy atom. The van der Waals surface area contributed by atoms with Gasteiger partial charge in [0.15, 0.2) is 5.78 Å². The molecule has 4 N–H and O–H groups in total. The first-order valence-electron chi connectivity index (χ1n) is 6.02. The molecule has 6 heteroatoms. The molecule has 0 unspecified atom stereocenters. The van der Waals surface area contributed by atoms with Crippen molar-refractivity contribution in [2.75, 3.05) is 30.0 Å².